The Morgan fingerprint density at radius 2 is 2.21 bits per heavy atom. The number of fused-ring (bicyclic) bond motifs is 4. The average molecular weight is 326 g/mol. The second kappa shape index (κ2) is 5.92. The number of piperidine rings is 1. The molecule has 1 fully saturated rings. The van der Waals surface area contributed by atoms with Gasteiger partial charge in [-0.3, -0.25) is 14.7 Å². The highest BCUT2D eigenvalue weighted by Gasteiger charge is 2.36. The van der Waals surface area contributed by atoms with Crippen LogP contribution in [0, 0.1) is 5.92 Å². The largest absolute Gasteiger partial charge is 0.336 e. The molecule has 2 unspecified atom stereocenters. The fourth-order valence-corrected chi connectivity index (χ4v) is 4.09. The van der Waals surface area contributed by atoms with E-state index in [9.17, 15) is 9.59 Å². The van der Waals surface area contributed by atoms with Gasteiger partial charge in [-0.25, -0.2) is 0 Å². The molecule has 126 valence electrons. The normalized spacial score (nSPS) is 22.3. The molecule has 0 saturated carbocycles. The molecule has 1 saturated heterocycles. The first-order chi connectivity index (χ1) is 11.7. The van der Waals surface area contributed by atoms with E-state index in [1.807, 2.05) is 27.7 Å². The summed E-state index contributed by atoms with van der Waals surface area (Å²) in [7, 11) is 0. The van der Waals surface area contributed by atoms with Gasteiger partial charge in [0.1, 0.15) is 5.69 Å². The molecule has 24 heavy (non-hydrogen) atoms. The summed E-state index contributed by atoms with van der Waals surface area (Å²) in [4.78, 5) is 26.8. The molecule has 4 heterocycles. The van der Waals surface area contributed by atoms with Gasteiger partial charge < -0.3 is 9.47 Å². The smallest absolute Gasteiger partial charge is 0.274 e. The quantitative estimate of drug-likeness (QED) is 0.934. The molecule has 0 aliphatic carbocycles. The van der Waals surface area contributed by atoms with Crippen molar-refractivity contribution >= 4 is 5.91 Å². The molecular formula is C18H22N4O2. The van der Waals surface area contributed by atoms with Crippen molar-refractivity contribution in [2.75, 3.05) is 13.1 Å². The van der Waals surface area contributed by atoms with Gasteiger partial charge in [0.2, 0.25) is 0 Å². The third kappa shape index (κ3) is 2.56. The zero-order valence-corrected chi connectivity index (χ0v) is 13.9. The lowest BCUT2D eigenvalue weighted by Crippen LogP contribution is -2.49. The zero-order chi connectivity index (χ0) is 16.7. The van der Waals surface area contributed by atoms with Gasteiger partial charge in [-0.05, 0) is 30.9 Å². The van der Waals surface area contributed by atoms with Gasteiger partial charge >= 0.3 is 0 Å². The number of aryl methyl sites for hydroxylation is 1. The number of nitrogens with one attached hydrogen (secondary N) is 1. The molecule has 0 radical (unpaired) electrons. The maximum Gasteiger partial charge on any atom is 0.274 e. The van der Waals surface area contributed by atoms with Crippen molar-refractivity contribution in [3.05, 3.63) is 51.7 Å². The second-order valence-corrected chi connectivity index (χ2v) is 6.94. The molecule has 2 atom stereocenters. The third-order valence-corrected chi connectivity index (χ3v) is 5.14. The van der Waals surface area contributed by atoms with Crippen LogP contribution in [0.4, 0.5) is 0 Å². The lowest BCUT2D eigenvalue weighted by molar-refractivity contribution is 0.0588. The number of H-pyrrole nitrogens is 1. The molecule has 4 rings (SSSR count). The predicted octanol–water partition coefficient (Wildman–Crippen LogP) is 1.78. The summed E-state index contributed by atoms with van der Waals surface area (Å²) in [6, 6.07) is 7.32. The van der Waals surface area contributed by atoms with Gasteiger partial charge in [0.25, 0.3) is 11.5 Å². The summed E-state index contributed by atoms with van der Waals surface area (Å²) < 4.78 is 1.88. The SMILES string of the molecule is CCCc1cc(C(=O)N2CC3CC(C2)c2cccc(=O)n2C3)n[nH]1. The van der Waals surface area contributed by atoms with E-state index in [0.29, 0.717) is 31.2 Å². The highest BCUT2D eigenvalue weighted by Crippen LogP contribution is 2.35. The number of nitrogens with zero attached hydrogens (tertiary/aromatic N) is 3. The van der Waals surface area contributed by atoms with Crippen LogP contribution in [0.1, 0.15) is 47.6 Å². The Morgan fingerprint density at radius 1 is 1.33 bits per heavy atom. The minimum absolute atomic E-state index is 0.00460. The number of pyridine rings is 1. The third-order valence-electron chi connectivity index (χ3n) is 5.14. The van der Waals surface area contributed by atoms with E-state index >= 15 is 0 Å². The van der Waals surface area contributed by atoms with E-state index < -0.39 is 0 Å². The molecule has 6 nitrogen and oxygen atoms in total. The van der Waals surface area contributed by atoms with Crippen molar-refractivity contribution < 1.29 is 4.79 Å². The molecule has 2 aliphatic rings. The Kier molecular flexibility index (Phi) is 3.75. The van der Waals surface area contributed by atoms with Crippen molar-refractivity contribution in [3.63, 3.8) is 0 Å². The molecule has 6 heteroatoms. The van der Waals surface area contributed by atoms with Crippen LogP contribution in [-0.4, -0.2) is 38.7 Å². The Bertz CT molecular complexity index is 822. The molecule has 2 aliphatic heterocycles. The molecule has 1 N–H and O–H groups in total. The first-order valence-electron chi connectivity index (χ1n) is 8.69. The highest BCUT2D eigenvalue weighted by atomic mass is 16.2. The van der Waals surface area contributed by atoms with Crippen molar-refractivity contribution in [2.24, 2.45) is 5.92 Å². The number of amides is 1. The minimum Gasteiger partial charge on any atom is -0.336 e. The standard InChI is InChI=1S/C18H22N4O2/c1-2-4-14-8-15(20-19-14)18(24)21-9-12-7-13(11-21)16-5-3-6-17(23)22(16)10-12/h3,5-6,8,12-13H,2,4,7,9-11H2,1H3,(H,19,20). The predicted molar refractivity (Wildman–Crippen MR) is 90.0 cm³/mol. The highest BCUT2D eigenvalue weighted by molar-refractivity contribution is 5.92. The number of rotatable bonds is 3. The molecule has 2 aromatic rings. The Labute approximate surface area is 140 Å². The van der Waals surface area contributed by atoms with E-state index in [2.05, 4.69) is 17.1 Å². The molecule has 2 bridgehead atoms. The number of likely N-dealkylation sites (tertiary alicyclic amines) is 1. The summed E-state index contributed by atoms with van der Waals surface area (Å²) in [5.41, 5.74) is 2.64. The van der Waals surface area contributed by atoms with E-state index in [-0.39, 0.29) is 17.4 Å². The van der Waals surface area contributed by atoms with Crippen molar-refractivity contribution in [1.82, 2.24) is 19.7 Å². The maximum absolute atomic E-state index is 12.8. The number of aromatic amines is 1. The van der Waals surface area contributed by atoms with Crippen molar-refractivity contribution in [2.45, 2.75) is 38.6 Å². The van der Waals surface area contributed by atoms with Gasteiger partial charge in [-0.1, -0.05) is 19.4 Å². The van der Waals surface area contributed by atoms with Crippen molar-refractivity contribution in [3.8, 4) is 0 Å². The second-order valence-electron chi connectivity index (χ2n) is 6.94. The lowest BCUT2D eigenvalue weighted by Gasteiger charge is -2.42. The summed E-state index contributed by atoms with van der Waals surface area (Å²) in [6.45, 7) is 4.17. The molecular weight excluding hydrogens is 304 g/mol. The fraction of sp³-hybridized carbons (Fsp3) is 0.500. The first-order valence-corrected chi connectivity index (χ1v) is 8.69. The van der Waals surface area contributed by atoms with E-state index in [4.69, 9.17) is 0 Å². The maximum atomic E-state index is 12.8. The monoisotopic (exact) mass is 326 g/mol. The van der Waals surface area contributed by atoms with Crippen LogP contribution in [0.3, 0.4) is 0 Å². The van der Waals surface area contributed by atoms with Gasteiger partial charge in [0, 0.05) is 43.0 Å². The molecule has 0 aromatic carbocycles. The van der Waals surface area contributed by atoms with Gasteiger partial charge in [-0.15, -0.1) is 0 Å². The number of hydrogen-bond donors (Lipinski definition) is 1. The van der Waals surface area contributed by atoms with Crippen LogP contribution in [0.5, 0.6) is 0 Å². The van der Waals surface area contributed by atoms with Gasteiger partial charge in [0.05, 0.1) is 0 Å². The first kappa shape index (κ1) is 15.2. The van der Waals surface area contributed by atoms with Crippen molar-refractivity contribution in [1.29, 1.82) is 0 Å². The number of aromatic nitrogens is 3. The summed E-state index contributed by atoms with van der Waals surface area (Å²) in [6.07, 6.45) is 2.98. The Morgan fingerprint density at radius 3 is 3.04 bits per heavy atom. The number of carbonyl (C=O) groups excluding carboxylic acids is 1. The van der Waals surface area contributed by atoms with Crippen LogP contribution in [0.15, 0.2) is 29.1 Å². The fourth-order valence-electron chi connectivity index (χ4n) is 4.09. The zero-order valence-electron chi connectivity index (χ0n) is 13.9. The number of carbonyl (C=O) groups is 1. The molecule has 2 aromatic heterocycles. The average Bonchev–Trinajstić information content (AvgIpc) is 3.04. The van der Waals surface area contributed by atoms with Crippen LogP contribution >= 0.6 is 0 Å². The Hall–Kier alpha value is -2.37. The topological polar surface area (TPSA) is 71.0 Å². The Balaban J connectivity index is 1.57. The van der Waals surface area contributed by atoms with Crippen LogP contribution < -0.4 is 5.56 Å². The molecule has 0 spiro atoms. The number of hydrogen-bond acceptors (Lipinski definition) is 3. The molecule has 1 amide bonds. The van der Waals surface area contributed by atoms with E-state index in [1.165, 1.54) is 0 Å². The summed E-state index contributed by atoms with van der Waals surface area (Å²) in [5.74, 6) is 0.578. The van der Waals surface area contributed by atoms with Gasteiger partial charge in [-0.2, -0.15) is 5.10 Å². The minimum atomic E-state index is -0.00460. The van der Waals surface area contributed by atoms with E-state index in [1.54, 1.807) is 6.07 Å². The van der Waals surface area contributed by atoms with Gasteiger partial charge in [0.15, 0.2) is 0 Å². The van der Waals surface area contributed by atoms with Crippen LogP contribution in [0.25, 0.3) is 0 Å². The summed E-state index contributed by atoms with van der Waals surface area (Å²) >= 11 is 0. The summed E-state index contributed by atoms with van der Waals surface area (Å²) in [5, 5.41) is 7.15. The lowest BCUT2D eigenvalue weighted by atomic mass is 9.83. The van der Waals surface area contributed by atoms with Crippen LogP contribution in [-0.2, 0) is 13.0 Å². The van der Waals surface area contributed by atoms with E-state index in [0.717, 1.165) is 30.7 Å². The van der Waals surface area contributed by atoms with Crippen LogP contribution in [0.2, 0.25) is 0 Å².